The van der Waals surface area contributed by atoms with Gasteiger partial charge in [0.15, 0.2) is 0 Å². The average Bonchev–Trinajstić information content (AvgIpc) is 2.45. The van der Waals surface area contributed by atoms with Crippen LogP contribution < -0.4 is 15.2 Å². The summed E-state index contributed by atoms with van der Waals surface area (Å²) >= 11 is 3.31. The Bertz CT molecular complexity index is 509. The van der Waals surface area contributed by atoms with Crippen molar-refractivity contribution in [2.75, 3.05) is 25.3 Å². The predicted octanol–water partition coefficient (Wildman–Crippen LogP) is 3.08. The highest BCUT2D eigenvalue weighted by Gasteiger charge is 2.21. The van der Waals surface area contributed by atoms with E-state index in [2.05, 4.69) is 21.4 Å². The molecular weight excluding hydrogens is 344 g/mol. The molecule has 7 nitrogen and oxygen atoms in total. The quantitative estimate of drug-likeness (QED) is 0.834. The van der Waals surface area contributed by atoms with E-state index in [4.69, 9.17) is 14.2 Å². The maximum Gasteiger partial charge on any atom is 0.433 e. The fourth-order valence-electron chi connectivity index (χ4n) is 1.45. The molecule has 0 saturated heterocycles. The Labute approximate surface area is 131 Å². The monoisotopic (exact) mass is 360 g/mol. The van der Waals surface area contributed by atoms with Crippen LogP contribution in [0.4, 0.5) is 15.3 Å². The molecule has 0 spiro atoms. The molecule has 0 fully saturated rings. The lowest BCUT2D eigenvalue weighted by atomic mass is 10.3. The van der Waals surface area contributed by atoms with E-state index in [1.807, 2.05) is 0 Å². The van der Waals surface area contributed by atoms with Gasteiger partial charge in [-0.1, -0.05) is 0 Å². The van der Waals surface area contributed by atoms with E-state index in [1.165, 1.54) is 7.11 Å². The summed E-state index contributed by atoms with van der Waals surface area (Å²) in [7, 11) is 1.53. The van der Waals surface area contributed by atoms with E-state index in [0.717, 1.165) is 5.01 Å². The number of anilines is 1. The van der Waals surface area contributed by atoms with Gasteiger partial charge in [-0.15, -0.1) is 0 Å². The molecule has 0 aliphatic rings. The molecule has 21 heavy (non-hydrogen) atoms. The van der Waals surface area contributed by atoms with E-state index in [-0.39, 0.29) is 13.2 Å². The molecule has 8 heteroatoms. The maximum absolute atomic E-state index is 11.9. The zero-order chi connectivity index (χ0) is 15.8. The van der Waals surface area contributed by atoms with Crippen molar-refractivity contribution in [2.24, 2.45) is 0 Å². The van der Waals surface area contributed by atoms with Crippen molar-refractivity contribution >= 4 is 33.8 Å². The Hall–Kier alpha value is -1.96. The van der Waals surface area contributed by atoms with Crippen molar-refractivity contribution in [3.63, 3.8) is 0 Å². The number of halogens is 1. The van der Waals surface area contributed by atoms with Gasteiger partial charge in [0.1, 0.15) is 5.75 Å². The van der Waals surface area contributed by atoms with Gasteiger partial charge in [0.2, 0.25) is 0 Å². The smallest absolute Gasteiger partial charge is 0.433 e. The van der Waals surface area contributed by atoms with Crippen LogP contribution in [0, 0.1) is 0 Å². The summed E-state index contributed by atoms with van der Waals surface area (Å²) in [6, 6.07) is 4.87. The molecule has 116 valence electrons. The van der Waals surface area contributed by atoms with Crippen LogP contribution in [0.15, 0.2) is 22.7 Å². The molecule has 0 aliphatic heterocycles. The largest absolute Gasteiger partial charge is 0.496 e. The molecule has 2 amide bonds. The number of rotatable bonds is 4. The van der Waals surface area contributed by atoms with Crippen molar-refractivity contribution in [3.05, 3.63) is 22.7 Å². The molecule has 1 N–H and O–H groups in total. The normalized spacial score (nSPS) is 9.71. The number of benzene rings is 1. The number of methoxy groups -OCH3 is 1. The topological polar surface area (TPSA) is 77.1 Å². The molecule has 0 heterocycles. The van der Waals surface area contributed by atoms with Crippen molar-refractivity contribution in [3.8, 4) is 5.75 Å². The molecule has 0 saturated carbocycles. The molecule has 0 aliphatic carbocycles. The summed E-state index contributed by atoms with van der Waals surface area (Å²) in [6.07, 6.45) is -1.47. The maximum atomic E-state index is 11.9. The minimum Gasteiger partial charge on any atom is -0.496 e. The van der Waals surface area contributed by atoms with Gasteiger partial charge in [0, 0.05) is 0 Å². The van der Waals surface area contributed by atoms with Gasteiger partial charge in [-0.2, -0.15) is 5.01 Å². The van der Waals surface area contributed by atoms with Crippen LogP contribution in [0.2, 0.25) is 0 Å². The molecule has 0 atom stereocenters. The highest BCUT2D eigenvalue weighted by atomic mass is 79.9. The van der Waals surface area contributed by atoms with E-state index < -0.39 is 12.2 Å². The van der Waals surface area contributed by atoms with Crippen LogP contribution in [0.1, 0.15) is 13.8 Å². The third kappa shape index (κ3) is 4.82. The lowest BCUT2D eigenvalue weighted by molar-refractivity contribution is 0.138. The van der Waals surface area contributed by atoms with Crippen molar-refractivity contribution < 1.29 is 23.8 Å². The number of carbonyl (C=O) groups excluding carboxylic acids is 2. The number of amides is 2. The minimum atomic E-state index is -0.752. The first-order valence-electron chi connectivity index (χ1n) is 6.27. The van der Waals surface area contributed by atoms with Crippen molar-refractivity contribution in [1.82, 2.24) is 5.43 Å². The fraction of sp³-hybridized carbons (Fsp3) is 0.385. The number of hydrogen-bond donors (Lipinski definition) is 1. The van der Waals surface area contributed by atoms with Crippen molar-refractivity contribution in [2.45, 2.75) is 13.8 Å². The van der Waals surface area contributed by atoms with E-state index >= 15 is 0 Å². The van der Waals surface area contributed by atoms with Gasteiger partial charge in [-0.3, -0.25) is 0 Å². The Kier molecular flexibility index (Phi) is 6.80. The first kappa shape index (κ1) is 17.1. The highest BCUT2D eigenvalue weighted by Crippen LogP contribution is 2.29. The van der Waals surface area contributed by atoms with Crippen LogP contribution in [-0.4, -0.2) is 32.5 Å². The minimum absolute atomic E-state index is 0.178. The molecule has 0 radical (unpaired) electrons. The fourth-order valence-corrected chi connectivity index (χ4v) is 1.98. The number of ether oxygens (including phenoxy) is 3. The number of nitrogens with zero attached hydrogens (tertiary/aromatic N) is 1. The Morgan fingerprint density at radius 2 is 1.90 bits per heavy atom. The van der Waals surface area contributed by atoms with Crippen LogP contribution in [0.5, 0.6) is 5.75 Å². The first-order valence-corrected chi connectivity index (χ1v) is 7.06. The molecule has 1 aromatic rings. The molecule has 1 rings (SSSR count). The first-order chi connectivity index (χ1) is 10.0. The lowest BCUT2D eigenvalue weighted by Gasteiger charge is -2.22. The highest BCUT2D eigenvalue weighted by molar-refractivity contribution is 9.10. The zero-order valence-corrected chi connectivity index (χ0v) is 13.6. The number of hydrazine groups is 1. The second kappa shape index (κ2) is 8.35. The second-order valence-electron chi connectivity index (χ2n) is 3.69. The number of carbonyl (C=O) groups is 2. The number of nitrogens with one attached hydrogen (secondary N) is 1. The van der Waals surface area contributed by atoms with Gasteiger partial charge < -0.3 is 14.2 Å². The van der Waals surface area contributed by atoms with Gasteiger partial charge >= 0.3 is 12.2 Å². The van der Waals surface area contributed by atoms with E-state index in [0.29, 0.717) is 15.9 Å². The lowest BCUT2D eigenvalue weighted by Crippen LogP contribution is -2.47. The molecular formula is C13H17BrN2O5. The van der Waals surface area contributed by atoms with Crippen LogP contribution in [-0.2, 0) is 9.47 Å². The second-order valence-corrected chi connectivity index (χ2v) is 4.54. The summed E-state index contributed by atoms with van der Waals surface area (Å²) in [5.41, 5.74) is 2.72. The third-order valence-electron chi connectivity index (χ3n) is 2.32. The molecule has 0 unspecified atom stereocenters. The summed E-state index contributed by atoms with van der Waals surface area (Å²) in [6.45, 7) is 3.70. The van der Waals surface area contributed by atoms with Gasteiger partial charge in [-0.25, -0.2) is 15.0 Å². The summed E-state index contributed by atoms with van der Waals surface area (Å²) < 4.78 is 15.4. The van der Waals surface area contributed by atoms with E-state index in [1.54, 1.807) is 32.0 Å². The van der Waals surface area contributed by atoms with Gasteiger partial charge in [0.25, 0.3) is 0 Å². The molecule has 0 bridgehead atoms. The van der Waals surface area contributed by atoms with Gasteiger partial charge in [-0.05, 0) is 48.0 Å². The zero-order valence-electron chi connectivity index (χ0n) is 12.0. The number of hydrogen-bond acceptors (Lipinski definition) is 5. The van der Waals surface area contributed by atoms with Gasteiger partial charge in [0.05, 0.1) is 30.5 Å². The Morgan fingerprint density at radius 1 is 1.24 bits per heavy atom. The SMILES string of the molecule is CCOC(=O)NN(C(=O)OCC)c1ccc(OC)c(Br)c1. The van der Waals surface area contributed by atoms with Crippen LogP contribution in [0.3, 0.4) is 0 Å². The summed E-state index contributed by atoms with van der Waals surface area (Å²) in [4.78, 5) is 23.5. The summed E-state index contributed by atoms with van der Waals surface area (Å²) in [5, 5.41) is 0.964. The van der Waals surface area contributed by atoms with Crippen LogP contribution in [0.25, 0.3) is 0 Å². The Morgan fingerprint density at radius 3 is 2.43 bits per heavy atom. The standard InChI is InChI=1S/C13H17BrN2O5/c1-4-20-12(17)15-16(13(18)21-5-2)9-6-7-11(19-3)10(14)8-9/h6-8H,4-5H2,1-3H3,(H,15,17). The summed E-state index contributed by atoms with van der Waals surface area (Å²) in [5.74, 6) is 0.596. The predicted molar refractivity (Wildman–Crippen MR) is 80.4 cm³/mol. The third-order valence-corrected chi connectivity index (χ3v) is 2.94. The Balaban J connectivity index is 3.02. The average molecular weight is 361 g/mol. The van der Waals surface area contributed by atoms with Crippen molar-refractivity contribution in [1.29, 1.82) is 0 Å². The van der Waals surface area contributed by atoms with Crippen LogP contribution >= 0.6 is 15.9 Å². The van der Waals surface area contributed by atoms with E-state index in [9.17, 15) is 9.59 Å². The molecule has 1 aromatic carbocycles. The molecule has 0 aromatic heterocycles.